The Morgan fingerprint density at radius 2 is 1.00 bits per heavy atom. The van der Waals surface area contributed by atoms with Gasteiger partial charge in [0.25, 0.3) is 0 Å². The van der Waals surface area contributed by atoms with E-state index in [-0.39, 0.29) is 34.4 Å². The molecule has 0 bridgehead atoms. The topological polar surface area (TPSA) is 42.5 Å². The predicted octanol–water partition coefficient (Wildman–Crippen LogP) is 6.25. The van der Waals surface area contributed by atoms with Gasteiger partial charge in [-0.15, -0.1) is 0 Å². The summed E-state index contributed by atoms with van der Waals surface area (Å²) in [5, 5.41) is 7.87. The summed E-state index contributed by atoms with van der Waals surface area (Å²) in [5.41, 5.74) is 0.558. The SMILES string of the molecule is CCC1(C)CC(OCC=CCOC2CC(C)(CC)NC(C)(CC)C2C)C(C)C(C)(CC)N1. The monoisotopic (exact) mass is 450 g/mol. The zero-order chi connectivity index (χ0) is 24.2. The van der Waals surface area contributed by atoms with Gasteiger partial charge < -0.3 is 20.1 Å². The van der Waals surface area contributed by atoms with Crippen LogP contribution in [-0.4, -0.2) is 47.6 Å². The molecule has 2 saturated heterocycles. The molecule has 0 aliphatic carbocycles. The van der Waals surface area contributed by atoms with Gasteiger partial charge in [-0.1, -0.05) is 53.7 Å². The Morgan fingerprint density at radius 1 is 0.656 bits per heavy atom. The fourth-order valence-electron chi connectivity index (χ4n) is 5.96. The summed E-state index contributed by atoms with van der Waals surface area (Å²) >= 11 is 0. The first kappa shape index (κ1) is 27.8. The molecule has 4 nitrogen and oxygen atoms in total. The molecule has 0 saturated carbocycles. The van der Waals surface area contributed by atoms with E-state index in [1.54, 1.807) is 0 Å². The Labute approximate surface area is 199 Å². The van der Waals surface area contributed by atoms with Crippen LogP contribution in [0.5, 0.6) is 0 Å². The van der Waals surface area contributed by atoms with Crippen LogP contribution >= 0.6 is 0 Å². The van der Waals surface area contributed by atoms with Gasteiger partial charge in [0.1, 0.15) is 0 Å². The highest BCUT2D eigenvalue weighted by Crippen LogP contribution is 2.40. The van der Waals surface area contributed by atoms with Crippen molar-refractivity contribution in [2.45, 2.75) is 142 Å². The predicted molar refractivity (Wildman–Crippen MR) is 137 cm³/mol. The minimum atomic E-state index is 0.128. The highest BCUT2D eigenvalue weighted by molar-refractivity contribution is 5.06. The molecule has 2 heterocycles. The van der Waals surface area contributed by atoms with Crippen LogP contribution in [0.15, 0.2) is 12.2 Å². The van der Waals surface area contributed by atoms with Crippen LogP contribution in [0.3, 0.4) is 0 Å². The van der Waals surface area contributed by atoms with E-state index in [1.165, 1.54) is 0 Å². The molecule has 2 N–H and O–H groups in total. The Morgan fingerprint density at radius 3 is 1.28 bits per heavy atom. The van der Waals surface area contributed by atoms with Crippen LogP contribution in [0.25, 0.3) is 0 Å². The van der Waals surface area contributed by atoms with Crippen LogP contribution in [0, 0.1) is 11.8 Å². The highest BCUT2D eigenvalue weighted by atomic mass is 16.5. The van der Waals surface area contributed by atoms with Crippen LogP contribution in [0.1, 0.15) is 108 Å². The molecule has 0 aromatic rings. The van der Waals surface area contributed by atoms with Crippen molar-refractivity contribution in [1.29, 1.82) is 0 Å². The number of nitrogens with one attached hydrogen (secondary N) is 2. The largest absolute Gasteiger partial charge is 0.374 e. The first-order valence-corrected chi connectivity index (χ1v) is 13.4. The molecule has 32 heavy (non-hydrogen) atoms. The lowest BCUT2D eigenvalue weighted by Crippen LogP contribution is -2.66. The van der Waals surface area contributed by atoms with E-state index >= 15 is 0 Å². The van der Waals surface area contributed by atoms with E-state index in [0.29, 0.717) is 25.0 Å². The van der Waals surface area contributed by atoms with Gasteiger partial charge in [0, 0.05) is 34.0 Å². The first-order valence-electron chi connectivity index (χ1n) is 13.4. The van der Waals surface area contributed by atoms with E-state index in [0.717, 1.165) is 38.5 Å². The lowest BCUT2D eigenvalue weighted by molar-refractivity contribution is -0.0664. The van der Waals surface area contributed by atoms with Crippen molar-refractivity contribution < 1.29 is 9.47 Å². The van der Waals surface area contributed by atoms with Gasteiger partial charge in [-0.2, -0.15) is 0 Å². The molecule has 4 heteroatoms. The summed E-state index contributed by atoms with van der Waals surface area (Å²) in [6, 6.07) is 0. The highest BCUT2D eigenvalue weighted by Gasteiger charge is 2.47. The summed E-state index contributed by atoms with van der Waals surface area (Å²) in [4.78, 5) is 0. The Balaban J connectivity index is 1.89. The standard InChI is InChI=1S/C28H54N2O2/c1-11-25(7)19-23(21(5)27(9,13-3)29-25)31-17-15-16-18-32-24-20-26(8,12-2)30-28(10,14-4)22(24)6/h15-16,21-24,29-30H,11-14,17-20H2,1-10H3. The molecule has 2 aliphatic rings. The zero-order valence-electron chi connectivity index (χ0n) is 22.9. The van der Waals surface area contributed by atoms with E-state index in [1.807, 2.05) is 0 Å². The molecule has 0 spiro atoms. The second-order valence-corrected chi connectivity index (χ2v) is 11.8. The Kier molecular flexibility index (Phi) is 9.46. The zero-order valence-corrected chi connectivity index (χ0v) is 22.9. The molecule has 8 unspecified atom stereocenters. The maximum absolute atomic E-state index is 6.41. The molecule has 188 valence electrons. The van der Waals surface area contributed by atoms with Gasteiger partial charge in [0.15, 0.2) is 0 Å². The van der Waals surface area contributed by atoms with Crippen LogP contribution in [0.2, 0.25) is 0 Å². The summed E-state index contributed by atoms with van der Waals surface area (Å²) in [6.07, 6.45) is 11.5. The lowest BCUT2D eigenvalue weighted by Gasteiger charge is -2.53. The number of rotatable bonds is 10. The van der Waals surface area contributed by atoms with E-state index in [9.17, 15) is 0 Å². The molecule has 8 atom stereocenters. The molecular formula is C28H54N2O2. The van der Waals surface area contributed by atoms with Crippen molar-refractivity contribution in [1.82, 2.24) is 10.6 Å². The van der Waals surface area contributed by atoms with Crippen molar-refractivity contribution in [3.8, 4) is 0 Å². The quantitative estimate of drug-likeness (QED) is 0.386. The number of piperidine rings is 2. The van der Waals surface area contributed by atoms with Gasteiger partial charge in [0.2, 0.25) is 0 Å². The van der Waals surface area contributed by atoms with Crippen LogP contribution in [0.4, 0.5) is 0 Å². The van der Waals surface area contributed by atoms with Crippen LogP contribution < -0.4 is 10.6 Å². The van der Waals surface area contributed by atoms with Gasteiger partial charge in [-0.05, 0) is 66.2 Å². The average Bonchev–Trinajstić information content (AvgIpc) is 2.77. The van der Waals surface area contributed by atoms with Gasteiger partial charge in [-0.3, -0.25) is 0 Å². The van der Waals surface area contributed by atoms with Gasteiger partial charge >= 0.3 is 0 Å². The molecule has 2 aliphatic heterocycles. The Bertz CT molecular complexity index is 573. The normalized spacial score (nSPS) is 45.4. The maximum atomic E-state index is 6.41. The minimum absolute atomic E-state index is 0.128. The van der Waals surface area contributed by atoms with Crippen molar-refractivity contribution in [3.63, 3.8) is 0 Å². The molecule has 0 aromatic carbocycles. The molecule has 0 amide bonds. The number of hydrogen-bond acceptors (Lipinski definition) is 4. The van der Waals surface area contributed by atoms with Crippen LogP contribution in [-0.2, 0) is 9.47 Å². The summed E-state index contributed by atoms with van der Waals surface area (Å²) in [5.74, 6) is 0.983. The van der Waals surface area contributed by atoms with Crippen molar-refractivity contribution in [2.24, 2.45) is 11.8 Å². The molecule has 2 fully saturated rings. The number of hydrogen-bond donors (Lipinski definition) is 2. The maximum Gasteiger partial charge on any atom is 0.0652 e. The summed E-state index contributed by atoms with van der Waals surface area (Å²) < 4.78 is 12.8. The molecule has 0 radical (unpaired) electrons. The van der Waals surface area contributed by atoms with Crippen molar-refractivity contribution in [3.05, 3.63) is 12.2 Å². The summed E-state index contributed by atoms with van der Waals surface area (Å²) in [6.45, 7) is 24.6. The molecule has 0 aromatic heterocycles. The first-order chi connectivity index (χ1) is 14.9. The van der Waals surface area contributed by atoms with Crippen molar-refractivity contribution >= 4 is 0 Å². The smallest absolute Gasteiger partial charge is 0.0652 e. The minimum Gasteiger partial charge on any atom is -0.374 e. The molecule has 2 rings (SSSR count). The van der Waals surface area contributed by atoms with E-state index in [4.69, 9.17) is 9.47 Å². The Hall–Kier alpha value is -0.420. The van der Waals surface area contributed by atoms with Gasteiger partial charge in [0.05, 0.1) is 25.4 Å². The second-order valence-electron chi connectivity index (χ2n) is 11.8. The third-order valence-electron chi connectivity index (χ3n) is 9.61. The fourth-order valence-corrected chi connectivity index (χ4v) is 5.96. The van der Waals surface area contributed by atoms with Crippen molar-refractivity contribution in [2.75, 3.05) is 13.2 Å². The lowest BCUT2D eigenvalue weighted by atomic mass is 9.70. The number of ether oxygens (including phenoxy) is 2. The molecular weight excluding hydrogens is 396 g/mol. The summed E-state index contributed by atoms with van der Waals surface area (Å²) in [7, 11) is 0. The second kappa shape index (κ2) is 10.9. The fraction of sp³-hybridized carbons (Fsp3) is 0.929. The third kappa shape index (κ3) is 6.17. The van der Waals surface area contributed by atoms with E-state index < -0.39 is 0 Å². The average molecular weight is 451 g/mol. The van der Waals surface area contributed by atoms with E-state index in [2.05, 4.69) is 92.0 Å². The van der Waals surface area contributed by atoms with Gasteiger partial charge in [-0.25, -0.2) is 0 Å². The third-order valence-corrected chi connectivity index (χ3v) is 9.61.